The summed E-state index contributed by atoms with van der Waals surface area (Å²) in [6.07, 6.45) is 0.139. The Morgan fingerprint density at radius 1 is 1.37 bits per heavy atom. The van der Waals surface area contributed by atoms with Gasteiger partial charge in [0.25, 0.3) is 0 Å². The summed E-state index contributed by atoms with van der Waals surface area (Å²) < 4.78 is 5.21. The number of carbonyl (C=O) groups is 1. The summed E-state index contributed by atoms with van der Waals surface area (Å²) in [5.74, 6) is 0.380. The van der Waals surface area contributed by atoms with Gasteiger partial charge in [0.2, 0.25) is 5.91 Å². The second-order valence-corrected chi connectivity index (χ2v) is 4.92. The topological polar surface area (TPSA) is 78.8 Å². The van der Waals surface area contributed by atoms with E-state index in [2.05, 4.69) is 5.32 Å². The van der Waals surface area contributed by atoms with Gasteiger partial charge >= 0.3 is 0 Å². The number of methoxy groups -OCH3 is 1. The Bertz CT molecular complexity index is 441. The van der Waals surface area contributed by atoms with E-state index >= 15 is 0 Å². The van der Waals surface area contributed by atoms with Crippen LogP contribution in [0.4, 0.5) is 0 Å². The minimum absolute atomic E-state index is 0.139. The van der Waals surface area contributed by atoms with Crippen LogP contribution in [0.3, 0.4) is 0 Å². The first-order chi connectivity index (χ1) is 8.94. The molecule has 0 aliphatic rings. The number of hydrogen-bond donors (Lipinski definition) is 3. The van der Waals surface area contributed by atoms with Gasteiger partial charge in [-0.3, -0.25) is 4.79 Å². The van der Waals surface area contributed by atoms with Crippen LogP contribution in [0.5, 0.6) is 5.75 Å². The third-order valence-electron chi connectivity index (χ3n) is 2.93. The molecule has 0 unspecified atom stereocenters. The van der Waals surface area contributed by atoms with Gasteiger partial charge in [-0.05, 0) is 19.9 Å². The summed E-state index contributed by atoms with van der Waals surface area (Å²) in [5, 5.41) is 20.9. The largest absolute Gasteiger partial charge is 0.496 e. The van der Waals surface area contributed by atoms with E-state index in [1.54, 1.807) is 14.0 Å². The first kappa shape index (κ1) is 15.5. The molecule has 0 bridgehead atoms. The zero-order valence-corrected chi connectivity index (χ0v) is 11.6. The van der Waals surface area contributed by atoms with Crippen LogP contribution >= 0.6 is 0 Å². The van der Waals surface area contributed by atoms with Crippen molar-refractivity contribution in [2.45, 2.75) is 25.8 Å². The van der Waals surface area contributed by atoms with Crippen molar-refractivity contribution in [2.24, 2.45) is 0 Å². The Kier molecular flexibility index (Phi) is 5.32. The van der Waals surface area contributed by atoms with Gasteiger partial charge < -0.3 is 20.3 Å². The lowest BCUT2D eigenvalue weighted by Crippen LogP contribution is -2.52. The minimum Gasteiger partial charge on any atom is -0.496 e. The quantitative estimate of drug-likeness (QED) is 0.697. The number of benzene rings is 1. The molecule has 0 spiro atoms. The zero-order chi connectivity index (χ0) is 14.5. The Labute approximate surface area is 113 Å². The van der Waals surface area contributed by atoms with Gasteiger partial charge in [-0.2, -0.15) is 0 Å². The summed E-state index contributed by atoms with van der Waals surface area (Å²) in [6, 6.07) is 5.61. The monoisotopic (exact) mass is 267 g/mol. The number of rotatable bonds is 6. The molecular weight excluding hydrogens is 246 g/mol. The molecule has 5 nitrogen and oxygen atoms in total. The molecule has 0 saturated heterocycles. The van der Waals surface area contributed by atoms with E-state index < -0.39 is 5.54 Å². The van der Waals surface area contributed by atoms with Crippen LogP contribution in [0, 0.1) is 6.92 Å². The van der Waals surface area contributed by atoms with Crippen LogP contribution < -0.4 is 10.1 Å². The summed E-state index contributed by atoms with van der Waals surface area (Å²) in [4.78, 5) is 11.9. The number of amides is 1. The highest BCUT2D eigenvalue weighted by Gasteiger charge is 2.24. The van der Waals surface area contributed by atoms with Gasteiger partial charge in [0.15, 0.2) is 0 Å². The molecule has 5 heteroatoms. The number of ether oxygens (including phenoxy) is 1. The van der Waals surface area contributed by atoms with Crippen LogP contribution in [0.15, 0.2) is 18.2 Å². The van der Waals surface area contributed by atoms with Crippen molar-refractivity contribution >= 4 is 5.91 Å². The van der Waals surface area contributed by atoms with Gasteiger partial charge in [-0.1, -0.05) is 17.7 Å². The number of hydrogen-bond acceptors (Lipinski definition) is 4. The lowest BCUT2D eigenvalue weighted by molar-refractivity contribution is -0.123. The molecule has 106 valence electrons. The Balaban J connectivity index is 2.79. The number of carbonyl (C=O) groups excluding carboxylic acids is 1. The fourth-order valence-electron chi connectivity index (χ4n) is 1.73. The third-order valence-corrected chi connectivity index (χ3v) is 2.93. The molecule has 0 fully saturated rings. The number of nitrogens with one attached hydrogen (secondary N) is 1. The van der Waals surface area contributed by atoms with Crippen molar-refractivity contribution in [1.82, 2.24) is 5.32 Å². The molecule has 0 aliphatic heterocycles. The smallest absolute Gasteiger partial charge is 0.225 e. The maximum atomic E-state index is 11.9. The molecule has 1 aromatic rings. The number of aliphatic hydroxyl groups excluding tert-OH is 2. The van der Waals surface area contributed by atoms with Gasteiger partial charge in [0.05, 0.1) is 32.3 Å². The average molecular weight is 267 g/mol. The van der Waals surface area contributed by atoms with Crippen molar-refractivity contribution in [2.75, 3.05) is 20.3 Å². The van der Waals surface area contributed by atoms with Gasteiger partial charge in [-0.15, -0.1) is 0 Å². The summed E-state index contributed by atoms with van der Waals surface area (Å²) in [5.41, 5.74) is 0.808. The van der Waals surface area contributed by atoms with Crippen molar-refractivity contribution in [3.63, 3.8) is 0 Å². The lowest BCUT2D eigenvalue weighted by Gasteiger charge is -2.26. The highest BCUT2D eigenvalue weighted by molar-refractivity contribution is 5.80. The molecule has 0 radical (unpaired) electrons. The SMILES string of the molecule is COc1ccc(C)cc1CC(=O)NC(C)(CO)CO. The van der Waals surface area contributed by atoms with Crippen LogP contribution in [0.1, 0.15) is 18.1 Å². The molecular formula is C14H21NO4. The Morgan fingerprint density at radius 3 is 2.53 bits per heavy atom. The predicted octanol–water partition coefficient (Wildman–Crippen LogP) is 0.406. The summed E-state index contributed by atoms with van der Waals surface area (Å²) >= 11 is 0. The second kappa shape index (κ2) is 6.54. The molecule has 1 rings (SSSR count). The maximum Gasteiger partial charge on any atom is 0.225 e. The molecule has 1 amide bonds. The summed E-state index contributed by atoms with van der Waals surface area (Å²) in [7, 11) is 1.55. The molecule has 0 aromatic heterocycles. The van der Waals surface area contributed by atoms with E-state index in [1.807, 2.05) is 25.1 Å². The van der Waals surface area contributed by atoms with E-state index in [9.17, 15) is 4.79 Å². The molecule has 1 aromatic carbocycles. The van der Waals surface area contributed by atoms with E-state index in [0.717, 1.165) is 11.1 Å². The van der Waals surface area contributed by atoms with Crippen molar-refractivity contribution in [3.05, 3.63) is 29.3 Å². The van der Waals surface area contributed by atoms with Gasteiger partial charge in [-0.25, -0.2) is 0 Å². The van der Waals surface area contributed by atoms with Crippen molar-refractivity contribution in [3.8, 4) is 5.75 Å². The van der Waals surface area contributed by atoms with Crippen molar-refractivity contribution < 1.29 is 19.7 Å². The predicted molar refractivity (Wildman–Crippen MR) is 72.2 cm³/mol. The van der Waals surface area contributed by atoms with Gasteiger partial charge in [0, 0.05) is 5.56 Å². The van der Waals surface area contributed by atoms with Crippen LogP contribution in [-0.4, -0.2) is 42.0 Å². The van der Waals surface area contributed by atoms with E-state index in [0.29, 0.717) is 5.75 Å². The van der Waals surface area contributed by atoms with Crippen molar-refractivity contribution in [1.29, 1.82) is 0 Å². The third kappa shape index (κ3) is 4.22. The van der Waals surface area contributed by atoms with Crippen LogP contribution in [-0.2, 0) is 11.2 Å². The summed E-state index contributed by atoms with van der Waals surface area (Å²) in [6.45, 7) is 2.88. The van der Waals surface area contributed by atoms with E-state index in [1.165, 1.54) is 0 Å². The van der Waals surface area contributed by atoms with Gasteiger partial charge in [0.1, 0.15) is 5.75 Å². The molecule has 0 saturated carbocycles. The normalized spacial score (nSPS) is 11.2. The first-order valence-electron chi connectivity index (χ1n) is 6.10. The number of aliphatic hydroxyl groups is 2. The fraction of sp³-hybridized carbons (Fsp3) is 0.500. The Morgan fingerprint density at radius 2 is 2.00 bits per heavy atom. The highest BCUT2D eigenvalue weighted by Crippen LogP contribution is 2.20. The second-order valence-electron chi connectivity index (χ2n) is 4.92. The average Bonchev–Trinajstić information content (AvgIpc) is 2.38. The van der Waals surface area contributed by atoms with Crippen LogP contribution in [0.25, 0.3) is 0 Å². The fourth-order valence-corrected chi connectivity index (χ4v) is 1.73. The van der Waals surface area contributed by atoms with E-state index in [4.69, 9.17) is 14.9 Å². The Hall–Kier alpha value is -1.59. The lowest BCUT2D eigenvalue weighted by atomic mass is 10.0. The molecule has 3 N–H and O–H groups in total. The number of aryl methyl sites for hydroxylation is 1. The molecule has 19 heavy (non-hydrogen) atoms. The molecule has 0 atom stereocenters. The zero-order valence-electron chi connectivity index (χ0n) is 11.6. The highest BCUT2D eigenvalue weighted by atomic mass is 16.5. The standard InChI is InChI=1S/C14H21NO4/c1-10-4-5-12(19-3)11(6-10)7-13(18)15-14(2,8-16)9-17/h4-6,16-17H,7-9H2,1-3H3,(H,15,18). The maximum absolute atomic E-state index is 11.9. The van der Waals surface area contributed by atoms with E-state index in [-0.39, 0.29) is 25.5 Å². The minimum atomic E-state index is -1.01. The molecule has 0 heterocycles. The molecule has 0 aliphatic carbocycles. The van der Waals surface area contributed by atoms with Crippen LogP contribution in [0.2, 0.25) is 0 Å². The first-order valence-corrected chi connectivity index (χ1v) is 6.10.